The molecule has 0 bridgehead atoms. The second-order valence-electron chi connectivity index (χ2n) is 7.98. The van der Waals surface area contributed by atoms with Gasteiger partial charge in [0.2, 0.25) is 5.88 Å². The molecule has 1 aliphatic carbocycles. The minimum absolute atomic E-state index is 0.131. The zero-order chi connectivity index (χ0) is 21.4. The minimum Gasteiger partial charge on any atom is -0.474 e. The van der Waals surface area contributed by atoms with Crippen LogP contribution in [0, 0.1) is 0 Å². The Kier molecular flexibility index (Phi) is 5.23. The maximum atomic E-state index is 11.7. The molecular weight excluding hydrogens is 418 g/mol. The number of amides is 1. The van der Waals surface area contributed by atoms with E-state index in [2.05, 4.69) is 15.2 Å². The summed E-state index contributed by atoms with van der Waals surface area (Å²) < 4.78 is 8.05. The molecule has 9 heteroatoms. The second-order valence-corrected chi connectivity index (χ2v) is 8.42. The molecule has 1 amide bonds. The third-order valence-corrected chi connectivity index (χ3v) is 6.20. The van der Waals surface area contributed by atoms with Crippen LogP contribution in [0.2, 0.25) is 5.02 Å². The molecule has 0 radical (unpaired) electrons. The smallest absolute Gasteiger partial charge is 0.408 e. The van der Waals surface area contributed by atoms with Crippen molar-refractivity contribution < 1.29 is 14.6 Å². The van der Waals surface area contributed by atoms with Crippen molar-refractivity contribution in [2.24, 2.45) is 0 Å². The summed E-state index contributed by atoms with van der Waals surface area (Å²) in [5, 5.41) is 19.0. The predicted octanol–water partition coefficient (Wildman–Crippen LogP) is 4.41. The third kappa shape index (κ3) is 3.95. The van der Waals surface area contributed by atoms with Crippen molar-refractivity contribution in [2.75, 3.05) is 0 Å². The van der Waals surface area contributed by atoms with Gasteiger partial charge in [-0.15, -0.1) is 10.2 Å². The summed E-state index contributed by atoms with van der Waals surface area (Å²) in [5.74, 6) is 2.39. The number of fused-ring (bicyclic) bond motifs is 3. The lowest BCUT2D eigenvalue weighted by atomic mass is 9.86. The van der Waals surface area contributed by atoms with Gasteiger partial charge in [-0.05, 0) is 55.5 Å². The minimum atomic E-state index is -0.990. The van der Waals surface area contributed by atoms with Gasteiger partial charge in [-0.2, -0.15) is 0 Å². The highest BCUT2D eigenvalue weighted by Crippen LogP contribution is 2.37. The Morgan fingerprint density at radius 2 is 1.94 bits per heavy atom. The number of carbonyl (C=O) groups is 1. The summed E-state index contributed by atoms with van der Waals surface area (Å²) in [6.45, 7) is 0.450. The van der Waals surface area contributed by atoms with Crippen LogP contribution in [0.5, 0.6) is 5.88 Å². The molecule has 31 heavy (non-hydrogen) atoms. The maximum Gasteiger partial charge on any atom is 0.408 e. The summed E-state index contributed by atoms with van der Waals surface area (Å²) in [6, 6.07) is 11.2. The lowest BCUT2D eigenvalue weighted by molar-refractivity contribution is 0.137. The van der Waals surface area contributed by atoms with Crippen molar-refractivity contribution in [1.82, 2.24) is 24.6 Å². The van der Waals surface area contributed by atoms with Crippen LogP contribution >= 0.6 is 11.6 Å². The summed E-state index contributed by atoms with van der Waals surface area (Å²) in [7, 11) is 0. The molecule has 0 atom stereocenters. The van der Waals surface area contributed by atoms with Gasteiger partial charge in [0.1, 0.15) is 11.9 Å². The Morgan fingerprint density at radius 1 is 1.10 bits per heavy atom. The van der Waals surface area contributed by atoms with Gasteiger partial charge in [-0.3, -0.25) is 9.47 Å². The standard InChI is InChI=1S/C22H22ClN5O3/c23-16-6-9-18-15(11-16)12-27(22(29)30)13-19-25-26-21(28(18)19)14-4-7-17(8-5-14)31-20-3-1-2-10-24-20/h1-3,6,9-11,14,17H,4-5,7-8,12-13H2,(H,29,30). The van der Waals surface area contributed by atoms with Crippen molar-refractivity contribution in [3.63, 3.8) is 0 Å². The zero-order valence-electron chi connectivity index (χ0n) is 16.8. The van der Waals surface area contributed by atoms with Crippen LogP contribution in [-0.2, 0) is 13.1 Å². The van der Waals surface area contributed by atoms with Crippen LogP contribution in [0.1, 0.15) is 48.8 Å². The molecule has 160 valence electrons. The first-order valence-electron chi connectivity index (χ1n) is 10.4. The summed E-state index contributed by atoms with van der Waals surface area (Å²) >= 11 is 6.20. The van der Waals surface area contributed by atoms with Gasteiger partial charge in [0, 0.05) is 23.2 Å². The van der Waals surface area contributed by atoms with E-state index in [4.69, 9.17) is 16.3 Å². The van der Waals surface area contributed by atoms with Crippen LogP contribution < -0.4 is 4.74 Å². The zero-order valence-corrected chi connectivity index (χ0v) is 17.6. The van der Waals surface area contributed by atoms with Gasteiger partial charge >= 0.3 is 6.09 Å². The van der Waals surface area contributed by atoms with E-state index >= 15 is 0 Å². The molecule has 1 N–H and O–H groups in total. The fourth-order valence-corrected chi connectivity index (χ4v) is 4.65. The van der Waals surface area contributed by atoms with Crippen molar-refractivity contribution >= 4 is 17.7 Å². The van der Waals surface area contributed by atoms with Crippen LogP contribution in [0.4, 0.5) is 4.79 Å². The fourth-order valence-electron chi connectivity index (χ4n) is 4.45. The van der Waals surface area contributed by atoms with Gasteiger partial charge in [0.25, 0.3) is 0 Å². The van der Waals surface area contributed by atoms with Crippen molar-refractivity contribution in [3.05, 3.63) is 64.8 Å². The summed E-state index contributed by atoms with van der Waals surface area (Å²) in [6.07, 6.45) is 4.51. The molecule has 0 unspecified atom stereocenters. The van der Waals surface area contributed by atoms with E-state index in [1.165, 1.54) is 4.90 Å². The molecule has 1 saturated carbocycles. The Hall–Kier alpha value is -3.13. The van der Waals surface area contributed by atoms with E-state index in [0.717, 1.165) is 42.8 Å². The number of halogens is 1. The molecule has 1 aromatic carbocycles. The number of aromatic nitrogens is 4. The molecule has 1 fully saturated rings. The highest BCUT2D eigenvalue weighted by molar-refractivity contribution is 6.30. The monoisotopic (exact) mass is 439 g/mol. The average molecular weight is 440 g/mol. The lowest BCUT2D eigenvalue weighted by Crippen LogP contribution is -2.28. The highest BCUT2D eigenvalue weighted by Gasteiger charge is 2.32. The van der Waals surface area contributed by atoms with E-state index < -0.39 is 6.09 Å². The number of nitrogens with zero attached hydrogens (tertiary/aromatic N) is 5. The molecule has 8 nitrogen and oxygen atoms in total. The number of pyridine rings is 1. The molecule has 0 spiro atoms. The van der Waals surface area contributed by atoms with E-state index in [0.29, 0.717) is 16.7 Å². The van der Waals surface area contributed by atoms with Crippen LogP contribution in [0.3, 0.4) is 0 Å². The first kappa shape index (κ1) is 19.8. The second kappa shape index (κ2) is 8.19. The maximum absolute atomic E-state index is 11.7. The molecule has 3 aromatic rings. The Labute approximate surface area is 184 Å². The Balaban J connectivity index is 1.41. The van der Waals surface area contributed by atoms with Gasteiger partial charge in [0.05, 0.1) is 18.8 Å². The van der Waals surface area contributed by atoms with Crippen LogP contribution in [0.15, 0.2) is 42.6 Å². The first-order chi connectivity index (χ1) is 15.1. The average Bonchev–Trinajstić information content (AvgIpc) is 3.10. The van der Waals surface area contributed by atoms with Crippen molar-refractivity contribution in [1.29, 1.82) is 0 Å². The number of hydrogen-bond acceptors (Lipinski definition) is 5. The van der Waals surface area contributed by atoms with Gasteiger partial charge < -0.3 is 9.84 Å². The number of hydrogen-bond donors (Lipinski definition) is 1. The number of rotatable bonds is 3. The van der Waals surface area contributed by atoms with Gasteiger partial charge in [-0.1, -0.05) is 17.7 Å². The number of carboxylic acid groups (broad SMARTS) is 1. The van der Waals surface area contributed by atoms with Crippen LogP contribution in [0.25, 0.3) is 5.69 Å². The van der Waals surface area contributed by atoms with Crippen LogP contribution in [-0.4, -0.2) is 42.0 Å². The predicted molar refractivity (Wildman–Crippen MR) is 114 cm³/mol. The molecule has 1 aliphatic heterocycles. The lowest BCUT2D eigenvalue weighted by Gasteiger charge is -2.28. The Bertz CT molecular complexity index is 1100. The summed E-state index contributed by atoms with van der Waals surface area (Å²) in [5.41, 5.74) is 1.75. The highest BCUT2D eigenvalue weighted by atomic mass is 35.5. The molecule has 0 saturated heterocycles. The van der Waals surface area contributed by atoms with Crippen molar-refractivity contribution in [3.8, 4) is 11.6 Å². The first-order valence-corrected chi connectivity index (χ1v) is 10.7. The molecular formula is C22H22ClN5O3. The normalized spacial score (nSPS) is 20.5. The fraction of sp³-hybridized carbons (Fsp3) is 0.364. The van der Waals surface area contributed by atoms with Crippen molar-refractivity contribution in [2.45, 2.75) is 50.8 Å². The molecule has 2 aromatic heterocycles. The number of ether oxygens (including phenoxy) is 1. The van der Waals surface area contributed by atoms with Gasteiger partial charge in [0.15, 0.2) is 5.82 Å². The van der Waals surface area contributed by atoms with Gasteiger partial charge in [-0.25, -0.2) is 9.78 Å². The third-order valence-electron chi connectivity index (χ3n) is 5.97. The van der Waals surface area contributed by atoms with E-state index in [1.54, 1.807) is 6.20 Å². The van der Waals surface area contributed by atoms with E-state index in [1.807, 2.05) is 41.0 Å². The molecule has 5 rings (SSSR count). The molecule has 3 heterocycles. The SMILES string of the molecule is O=C(O)N1Cc2cc(Cl)ccc2-n2c(nnc2C2CCC(Oc3ccccn3)CC2)C1. The van der Waals surface area contributed by atoms with E-state index in [-0.39, 0.29) is 25.1 Å². The van der Waals surface area contributed by atoms with E-state index in [9.17, 15) is 9.90 Å². The largest absolute Gasteiger partial charge is 0.474 e. The topological polar surface area (TPSA) is 93.4 Å². The Morgan fingerprint density at radius 3 is 2.68 bits per heavy atom. The number of benzene rings is 1. The molecule has 2 aliphatic rings. The quantitative estimate of drug-likeness (QED) is 0.649. The summed E-state index contributed by atoms with van der Waals surface area (Å²) in [4.78, 5) is 17.3.